The molecule has 1 heterocycles. The first-order valence-corrected chi connectivity index (χ1v) is 7.47. The Hall–Kier alpha value is -0.580. The predicted octanol–water partition coefficient (Wildman–Crippen LogP) is 1.79. The number of halogens is 1. The fraction of sp³-hybridized carbons (Fsp3) is 0.455. The van der Waals surface area contributed by atoms with Crippen molar-refractivity contribution in [2.24, 2.45) is 0 Å². The first kappa shape index (κ1) is 11.9. The molecule has 0 radical (unpaired) electrons. The van der Waals surface area contributed by atoms with Gasteiger partial charge in [-0.05, 0) is 24.6 Å². The number of benzene rings is 1. The molecule has 1 fully saturated rings. The first-order chi connectivity index (χ1) is 7.58. The van der Waals surface area contributed by atoms with Crippen molar-refractivity contribution in [2.75, 3.05) is 18.1 Å². The third-order valence-corrected chi connectivity index (χ3v) is 4.82. The molecule has 0 spiro atoms. The van der Waals surface area contributed by atoms with Crippen LogP contribution >= 0.6 is 11.6 Å². The van der Waals surface area contributed by atoms with Gasteiger partial charge in [0.1, 0.15) is 0 Å². The summed E-state index contributed by atoms with van der Waals surface area (Å²) in [5.74, 6) is 0.400. The normalized spacial score (nSPS) is 24.9. The molecule has 0 amide bonds. The van der Waals surface area contributed by atoms with E-state index in [9.17, 15) is 8.42 Å². The van der Waals surface area contributed by atoms with E-state index in [2.05, 4.69) is 5.32 Å². The molecule has 0 bridgehead atoms. The average Bonchev–Trinajstić information content (AvgIpc) is 2.40. The van der Waals surface area contributed by atoms with E-state index in [0.717, 1.165) is 12.1 Å². The van der Waals surface area contributed by atoms with Crippen LogP contribution in [0.15, 0.2) is 24.3 Å². The standard InChI is InChI=1S/C11H14ClNO2S/c12-10-5-2-1-4-9(10)11-8-16(14,15)7-3-6-13-11/h1-2,4-5,11,13H,3,6-8H2. The molecule has 5 heteroatoms. The Morgan fingerprint density at radius 3 is 2.81 bits per heavy atom. The molecule has 1 N–H and O–H groups in total. The maximum atomic E-state index is 11.7. The molecule has 16 heavy (non-hydrogen) atoms. The molecule has 0 saturated carbocycles. The van der Waals surface area contributed by atoms with E-state index in [1.54, 1.807) is 6.07 Å². The van der Waals surface area contributed by atoms with Crippen molar-refractivity contribution >= 4 is 21.4 Å². The molecule has 1 aromatic carbocycles. The van der Waals surface area contributed by atoms with Crippen molar-refractivity contribution in [3.63, 3.8) is 0 Å². The summed E-state index contributed by atoms with van der Waals surface area (Å²) in [5.41, 5.74) is 0.870. The van der Waals surface area contributed by atoms with Crippen LogP contribution in [-0.2, 0) is 9.84 Å². The highest BCUT2D eigenvalue weighted by Gasteiger charge is 2.24. The molecular weight excluding hydrogens is 246 g/mol. The molecule has 2 rings (SSSR count). The minimum atomic E-state index is -2.95. The van der Waals surface area contributed by atoms with E-state index in [1.165, 1.54) is 0 Å². The quantitative estimate of drug-likeness (QED) is 0.836. The van der Waals surface area contributed by atoms with Crippen LogP contribution in [0, 0.1) is 0 Å². The summed E-state index contributed by atoms with van der Waals surface area (Å²) in [4.78, 5) is 0. The van der Waals surface area contributed by atoms with Crippen LogP contribution in [0.25, 0.3) is 0 Å². The Labute approximate surface area is 101 Å². The monoisotopic (exact) mass is 259 g/mol. The van der Waals surface area contributed by atoms with Gasteiger partial charge >= 0.3 is 0 Å². The van der Waals surface area contributed by atoms with Crippen LogP contribution in [0.2, 0.25) is 5.02 Å². The van der Waals surface area contributed by atoms with Crippen molar-refractivity contribution < 1.29 is 8.42 Å². The molecule has 0 aromatic heterocycles. The lowest BCUT2D eigenvalue weighted by Crippen LogP contribution is -2.25. The van der Waals surface area contributed by atoms with Crippen LogP contribution < -0.4 is 5.32 Å². The maximum absolute atomic E-state index is 11.7. The fourth-order valence-corrected chi connectivity index (χ4v) is 3.75. The largest absolute Gasteiger partial charge is 0.309 e. The molecule has 88 valence electrons. The lowest BCUT2D eigenvalue weighted by molar-refractivity contribution is 0.572. The van der Waals surface area contributed by atoms with Gasteiger partial charge in [-0.25, -0.2) is 8.42 Å². The smallest absolute Gasteiger partial charge is 0.152 e. The average molecular weight is 260 g/mol. The van der Waals surface area contributed by atoms with Gasteiger partial charge in [0.15, 0.2) is 9.84 Å². The van der Waals surface area contributed by atoms with Gasteiger partial charge in [0.2, 0.25) is 0 Å². The Balaban J connectivity index is 2.30. The lowest BCUT2D eigenvalue weighted by Gasteiger charge is -2.16. The zero-order valence-corrected chi connectivity index (χ0v) is 10.4. The van der Waals surface area contributed by atoms with E-state index in [0.29, 0.717) is 11.4 Å². The minimum Gasteiger partial charge on any atom is -0.309 e. The van der Waals surface area contributed by atoms with Crippen LogP contribution in [0.3, 0.4) is 0 Å². The van der Waals surface area contributed by atoms with E-state index >= 15 is 0 Å². The summed E-state index contributed by atoms with van der Waals surface area (Å²) < 4.78 is 23.4. The molecule has 1 unspecified atom stereocenters. The number of sulfone groups is 1. The number of nitrogens with one attached hydrogen (secondary N) is 1. The Kier molecular flexibility index (Phi) is 3.52. The van der Waals surface area contributed by atoms with Crippen LogP contribution in [0.5, 0.6) is 0 Å². The number of hydrogen-bond donors (Lipinski definition) is 1. The summed E-state index contributed by atoms with van der Waals surface area (Å²) in [6, 6.07) is 7.20. The Morgan fingerprint density at radius 1 is 1.31 bits per heavy atom. The van der Waals surface area contributed by atoms with Gasteiger partial charge in [0, 0.05) is 11.1 Å². The molecule has 1 aromatic rings. The van der Waals surface area contributed by atoms with Crippen LogP contribution in [0.4, 0.5) is 0 Å². The summed E-state index contributed by atoms with van der Waals surface area (Å²) >= 11 is 6.07. The Bertz CT molecular complexity index is 473. The molecular formula is C11H14ClNO2S. The van der Waals surface area contributed by atoms with E-state index in [4.69, 9.17) is 11.6 Å². The summed E-state index contributed by atoms with van der Waals surface area (Å²) in [6.07, 6.45) is 0.670. The highest BCUT2D eigenvalue weighted by molar-refractivity contribution is 7.91. The van der Waals surface area contributed by atoms with Crippen molar-refractivity contribution in [3.8, 4) is 0 Å². The third kappa shape index (κ3) is 2.75. The molecule has 1 atom stereocenters. The highest BCUT2D eigenvalue weighted by Crippen LogP contribution is 2.25. The van der Waals surface area contributed by atoms with Crippen molar-refractivity contribution in [2.45, 2.75) is 12.5 Å². The van der Waals surface area contributed by atoms with Crippen molar-refractivity contribution in [1.29, 1.82) is 0 Å². The van der Waals surface area contributed by atoms with Crippen molar-refractivity contribution in [1.82, 2.24) is 5.32 Å². The summed E-state index contributed by atoms with van der Waals surface area (Å²) in [5, 5.41) is 3.85. The number of rotatable bonds is 1. The SMILES string of the molecule is O=S1(=O)CCCNC(c2ccccc2Cl)C1. The topological polar surface area (TPSA) is 46.2 Å². The van der Waals surface area contributed by atoms with Crippen LogP contribution in [-0.4, -0.2) is 26.5 Å². The lowest BCUT2D eigenvalue weighted by atomic mass is 10.1. The van der Waals surface area contributed by atoms with Gasteiger partial charge in [-0.15, -0.1) is 0 Å². The zero-order valence-electron chi connectivity index (χ0n) is 8.82. The fourth-order valence-electron chi connectivity index (χ4n) is 1.92. The van der Waals surface area contributed by atoms with E-state index < -0.39 is 9.84 Å². The second kappa shape index (κ2) is 4.73. The maximum Gasteiger partial charge on any atom is 0.152 e. The van der Waals surface area contributed by atoms with Crippen LogP contribution in [0.1, 0.15) is 18.0 Å². The van der Waals surface area contributed by atoms with Gasteiger partial charge < -0.3 is 5.32 Å². The van der Waals surface area contributed by atoms with Gasteiger partial charge in [0.25, 0.3) is 0 Å². The van der Waals surface area contributed by atoms with Gasteiger partial charge in [0.05, 0.1) is 11.5 Å². The minimum absolute atomic E-state index is 0.136. The van der Waals surface area contributed by atoms with Gasteiger partial charge in [-0.1, -0.05) is 29.8 Å². The second-order valence-electron chi connectivity index (χ2n) is 4.00. The van der Waals surface area contributed by atoms with E-state index in [1.807, 2.05) is 18.2 Å². The first-order valence-electron chi connectivity index (χ1n) is 5.27. The van der Waals surface area contributed by atoms with Gasteiger partial charge in [-0.3, -0.25) is 0 Å². The number of hydrogen-bond acceptors (Lipinski definition) is 3. The van der Waals surface area contributed by atoms with E-state index in [-0.39, 0.29) is 17.5 Å². The van der Waals surface area contributed by atoms with Gasteiger partial charge in [-0.2, -0.15) is 0 Å². The molecule has 3 nitrogen and oxygen atoms in total. The zero-order chi connectivity index (χ0) is 11.6. The molecule has 1 saturated heterocycles. The van der Waals surface area contributed by atoms with Crippen molar-refractivity contribution in [3.05, 3.63) is 34.9 Å². The molecule has 1 aliphatic rings. The molecule has 1 aliphatic heterocycles. The highest BCUT2D eigenvalue weighted by atomic mass is 35.5. The summed E-state index contributed by atoms with van der Waals surface area (Å²) in [7, 11) is -2.95. The second-order valence-corrected chi connectivity index (χ2v) is 6.63. The predicted molar refractivity (Wildman–Crippen MR) is 65.5 cm³/mol. The molecule has 0 aliphatic carbocycles. The Morgan fingerprint density at radius 2 is 2.06 bits per heavy atom. The third-order valence-electron chi connectivity index (χ3n) is 2.72. The summed E-state index contributed by atoms with van der Waals surface area (Å²) in [6.45, 7) is 0.717.